The van der Waals surface area contributed by atoms with E-state index in [2.05, 4.69) is 15.3 Å². The van der Waals surface area contributed by atoms with Gasteiger partial charge in [-0.3, -0.25) is 4.68 Å². The van der Waals surface area contributed by atoms with Crippen LogP contribution in [0.15, 0.2) is 6.07 Å². The van der Waals surface area contributed by atoms with Crippen LogP contribution in [-0.4, -0.2) is 20.0 Å². The fraction of sp³-hybridized carbons (Fsp3) is 0.462. The first-order valence-electron chi connectivity index (χ1n) is 6.14. The smallest absolute Gasteiger partial charge is 0.0847 e. The zero-order valence-corrected chi connectivity index (χ0v) is 12.4. The molecule has 0 saturated carbocycles. The molecule has 6 heteroatoms. The van der Waals surface area contributed by atoms with Crippen LogP contribution in [0.25, 0.3) is 0 Å². The van der Waals surface area contributed by atoms with Crippen molar-refractivity contribution < 1.29 is 0 Å². The van der Waals surface area contributed by atoms with E-state index >= 15 is 0 Å². The lowest BCUT2D eigenvalue weighted by atomic mass is 10.0. The van der Waals surface area contributed by atoms with E-state index in [0.717, 1.165) is 28.3 Å². The molecule has 5 nitrogen and oxygen atoms in total. The van der Waals surface area contributed by atoms with Crippen molar-refractivity contribution in [3.8, 4) is 0 Å². The molecule has 19 heavy (non-hydrogen) atoms. The minimum absolute atomic E-state index is 0.165. The number of nitrogens with two attached hydrogens (primary N) is 1. The van der Waals surface area contributed by atoms with Crippen molar-refractivity contribution in [2.75, 3.05) is 0 Å². The molecule has 2 N–H and O–H groups in total. The van der Waals surface area contributed by atoms with Crippen LogP contribution in [-0.2, 0) is 13.5 Å². The number of rotatable bonds is 3. The first-order chi connectivity index (χ1) is 8.90. The molecule has 0 spiro atoms. The maximum atomic E-state index is 6.28. The van der Waals surface area contributed by atoms with Gasteiger partial charge in [-0.05, 0) is 32.4 Å². The predicted molar refractivity (Wildman–Crippen MR) is 75.1 cm³/mol. The molecule has 0 saturated heterocycles. The molecule has 0 amide bonds. The summed E-state index contributed by atoms with van der Waals surface area (Å²) in [6.45, 7) is 5.71. The summed E-state index contributed by atoms with van der Waals surface area (Å²) in [7, 11) is 1.88. The summed E-state index contributed by atoms with van der Waals surface area (Å²) in [5, 5.41) is 13.1. The van der Waals surface area contributed by atoms with Crippen LogP contribution >= 0.6 is 11.6 Å². The Morgan fingerprint density at radius 1 is 1.26 bits per heavy atom. The Morgan fingerprint density at radius 3 is 2.53 bits per heavy atom. The van der Waals surface area contributed by atoms with Crippen molar-refractivity contribution in [1.82, 2.24) is 20.0 Å². The van der Waals surface area contributed by atoms with Crippen LogP contribution in [0, 0.1) is 20.8 Å². The second-order valence-electron chi connectivity index (χ2n) is 4.81. The van der Waals surface area contributed by atoms with Crippen LogP contribution < -0.4 is 5.73 Å². The van der Waals surface area contributed by atoms with Gasteiger partial charge in [-0.2, -0.15) is 15.3 Å². The van der Waals surface area contributed by atoms with Gasteiger partial charge in [0.2, 0.25) is 0 Å². The molecule has 0 radical (unpaired) electrons. The highest BCUT2D eigenvalue weighted by Gasteiger charge is 2.17. The Morgan fingerprint density at radius 2 is 1.95 bits per heavy atom. The fourth-order valence-electron chi connectivity index (χ4n) is 2.17. The van der Waals surface area contributed by atoms with E-state index in [1.165, 1.54) is 0 Å². The van der Waals surface area contributed by atoms with Gasteiger partial charge >= 0.3 is 0 Å². The molecule has 0 bridgehead atoms. The number of nitrogens with zero attached hydrogens (tertiary/aromatic N) is 4. The monoisotopic (exact) mass is 279 g/mol. The van der Waals surface area contributed by atoms with Crippen molar-refractivity contribution in [1.29, 1.82) is 0 Å². The van der Waals surface area contributed by atoms with E-state index in [4.69, 9.17) is 17.3 Å². The van der Waals surface area contributed by atoms with Crippen LogP contribution in [0.5, 0.6) is 0 Å². The lowest BCUT2D eigenvalue weighted by molar-refractivity contribution is 0.632. The quantitative estimate of drug-likeness (QED) is 0.933. The van der Waals surface area contributed by atoms with Crippen molar-refractivity contribution >= 4 is 11.6 Å². The molecular formula is C13H18ClN5. The molecule has 2 heterocycles. The SMILES string of the molecule is Cc1cc(C(N)Cc2c(Cl)c(C)nn2C)c(C)nn1. The van der Waals surface area contributed by atoms with Gasteiger partial charge in [0.05, 0.1) is 27.8 Å². The van der Waals surface area contributed by atoms with E-state index in [9.17, 15) is 0 Å². The third kappa shape index (κ3) is 2.77. The molecule has 1 atom stereocenters. The molecule has 1 unspecified atom stereocenters. The van der Waals surface area contributed by atoms with Gasteiger partial charge in [0.25, 0.3) is 0 Å². The highest BCUT2D eigenvalue weighted by molar-refractivity contribution is 6.31. The van der Waals surface area contributed by atoms with E-state index in [0.29, 0.717) is 11.4 Å². The third-order valence-corrected chi connectivity index (χ3v) is 3.71. The Hall–Kier alpha value is -1.46. The average molecular weight is 280 g/mol. The lowest BCUT2D eigenvalue weighted by Gasteiger charge is -2.14. The Kier molecular flexibility index (Phi) is 3.87. The van der Waals surface area contributed by atoms with E-state index < -0.39 is 0 Å². The van der Waals surface area contributed by atoms with Gasteiger partial charge < -0.3 is 5.73 Å². The summed E-state index contributed by atoms with van der Waals surface area (Å²) < 4.78 is 1.79. The van der Waals surface area contributed by atoms with Crippen molar-refractivity contribution in [2.45, 2.75) is 33.2 Å². The van der Waals surface area contributed by atoms with Crippen molar-refractivity contribution in [2.24, 2.45) is 12.8 Å². The summed E-state index contributed by atoms with van der Waals surface area (Å²) in [5.41, 5.74) is 10.8. The van der Waals surface area contributed by atoms with Gasteiger partial charge in [0.1, 0.15) is 0 Å². The van der Waals surface area contributed by atoms with E-state index in [1.807, 2.05) is 33.9 Å². The topological polar surface area (TPSA) is 69.6 Å². The Bertz CT molecular complexity index is 605. The maximum absolute atomic E-state index is 6.28. The van der Waals surface area contributed by atoms with E-state index in [-0.39, 0.29) is 6.04 Å². The number of aryl methyl sites for hydroxylation is 4. The molecule has 2 rings (SSSR count). The van der Waals surface area contributed by atoms with Crippen molar-refractivity contribution in [3.63, 3.8) is 0 Å². The third-order valence-electron chi connectivity index (χ3n) is 3.21. The lowest BCUT2D eigenvalue weighted by Crippen LogP contribution is -2.18. The minimum Gasteiger partial charge on any atom is -0.324 e. The van der Waals surface area contributed by atoms with E-state index in [1.54, 1.807) is 4.68 Å². The van der Waals surface area contributed by atoms with Gasteiger partial charge in [0.15, 0.2) is 0 Å². The first kappa shape index (κ1) is 14.0. The summed E-state index contributed by atoms with van der Waals surface area (Å²) >= 11 is 6.25. The second kappa shape index (κ2) is 5.27. The molecule has 0 aliphatic carbocycles. The Balaban J connectivity index is 2.30. The van der Waals surface area contributed by atoms with Gasteiger partial charge in [-0.15, -0.1) is 0 Å². The van der Waals surface area contributed by atoms with Crippen LogP contribution in [0.1, 0.15) is 34.4 Å². The summed E-state index contributed by atoms with van der Waals surface area (Å²) in [6, 6.07) is 1.81. The normalized spacial score (nSPS) is 12.7. The molecule has 0 aliphatic heterocycles. The highest BCUT2D eigenvalue weighted by atomic mass is 35.5. The first-order valence-corrected chi connectivity index (χ1v) is 6.52. The zero-order valence-electron chi connectivity index (χ0n) is 11.6. The highest BCUT2D eigenvalue weighted by Crippen LogP contribution is 2.25. The molecule has 0 aromatic carbocycles. The zero-order chi connectivity index (χ0) is 14.2. The predicted octanol–water partition coefficient (Wildman–Crippen LogP) is 2.03. The van der Waals surface area contributed by atoms with Crippen LogP contribution in [0.3, 0.4) is 0 Å². The van der Waals surface area contributed by atoms with Crippen LogP contribution in [0.2, 0.25) is 5.02 Å². The van der Waals surface area contributed by atoms with Gasteiger partial charge in [0, 0.05) is 19.5 Å². The maximum Gasteiger partial charge on any atom is 0.0847 e. The number of halogens is 1. The molecule has 102 valence electrons. The van der Waals surface area contributed by atoms with Gasteiger partial charge in [-0.25, -0.2) is 0 Å². The van der Waals surface area contributed by atoms with Crippen LogP contribution in [0.4, 0.5) is 0 Å². The molecular weight excluding hydrogens is 262 g/mol. The summed E-state index contributed by atoms with van der Waals surface area (Å²) in [5.74, 6) is 0. The minimum atomic E-state index is -0.165. The number of hydrogen-bond acceptors (Lipinski definition) is 4. The average Bonchev–Trinajstić information content (AvgIpc) is 2.59. The molecule has 0 fully saturated rings. The fourth-order valence-corrected chi connectivity index (χ4v) is 2.40. The molecule has 2 aromatic rings. The Labute approximate surface area is 117 Å². The largest absolute Gasteiger partial charge is 0.324 e. The molecule has 2 aromatic heterocycles. The number of hydrogen-bond donors (Lipinski definition) is 1. The molecule has 0 aliphatic rings. The standard InChI is InChI=1S/C13H18ClN5/c1-7-5-10(8(2)17-16-7)11(15)6-12-13(14)9(3)18-19(12)4/h5,11H,6,15H2,1-4H3. The van der Waals surface area contributed by atoms with Gasteiger partial charge in [-0.1, -0.05) is 11.6 Å². The van der Waals surface area contributed by atoms with Crippen molar-refractivity contribution in [3.05, 3.63) is 39.4 Å². The number of aromatic nitrogens is 4. The summed E-state index contributed by atoms with van der Waals surface area (Å²) in [4.78, 5) is 0. The second-order valence-corrected chi connectivity index (χ2v) is 5.18. The summed E-state index contributed by atoms with van der Waals surface area (Å²) in [6.07, 6.45) is 0.627.